The van der Waals surface area contributed by atoms with Gasteiger partial charge in [0.15, 0.2) is 0 Å². The van der Waals surface area contributed by atoms with E-state index in [-0.39, 0.29) is 11.3 Å². The number of hydrogen-bond donors (Lipinski definition) is 0. The first-order valence-corrected chi connectivity index (χ1v) is 4.26. The van der Waals surface area contributed by atoms with Gasteiger partial charge in [0.05, 0.1) is 5.56 Å². The van der Waals surface area contributed by atoms with Crippen LogP contribution >= 0.6 is 0 Å². The van der Waals surface area contributed by atoms with Crippen molar-refractivity contribution in [1.82, 2.24) is 0 Å². The first-order chi connectivity index (χ1) is 7.32. The van der Waals surface area contributed by atoms with E-state index in [1.807, 2.05) is 0 Å². The van der Waals surface area contributed by atoms with Gasteiger partial charge in [-0.05, 0) is 29.8 Å². The highest BCUT2D eigenvalue weighted by atomic mass is 19.4. The average Bonchev–Trinajstić information content (AvgIpc) is 2.14. The molecule has 0 aliphatic carbocycles. The second kappa shape index (κ2) is 4.38. The third kappa shape index (κ3) is 3.12. The number of carbonyl (C=O) groups is 1. The standard InChI is InChI=1S/C11H8F3O2/c1-3-8-4-9(11(12,13)14)6-10(5-8)16-7(2)15/h4-6H,1H2,2H3. The zero-order valence-electron chi connectivity index (χ0n) is 8.39. The molecular formula is C11H8F3O2. The van der Waals surface area contributed by atoms with Gasteiger partial charge in [-0.15, -0.1) is 0 Å². The quantitative estimate of drug-likeness (QED) is 0.575. The van der Waals surface area contributed by atoms with Crippen LogP contribution in [-0.4, -0.2) is 5.97 Å². The van der Waals surface area contributed by atoms with Crippen molar-refractivity contribution in [2.75, 3.05) is 0 Å². The molecule has 1 aromatic rings. The molecule has 0 aliphatic heterocycles. The molecule has 0 bridgehead atoms. The normalized spacial score (nSPS) is 11.0. The Labute approximate surface area is 90.3 Å². The van der Waals surface area contributed by atoms with Gasteiger partial charge in [0.25, 0.3) is 0 Å². The number of hydrogen-bond acceptors (Lipinski definition) is 2. The second-order valence-electron chi connectivity index (χ2n) is 3.01. The monoisotopic (exact) mass is 229 g/mol. The molecular weight excluding hydrogens is 221 g/mol. The highest BCUT2D eigenvalue weighted by Crippen LogP contribution is 2.32. The summed E-state index contributed by atoms with van der Waals surface area (Å²) in [5.74, 6) is -0.859. The molecule has 0 fully saturated rings. The molecule has 1 aromatic carbocycles. The lowest BCUT2D eigenvalue weighted by molar-refractivity contribution is -0.138. The Bertz CT molecular complexity index is 422. The maximum absolute atomic E-state index is 12.4. The molecule has 0 heterocycles. The van der Waals surface area contributed by atoms with Gasteiger partial charge in [0.1, 0.15) is 5.75 Å². The molecule has 0 amide bonds. The predicted molar refractivity (Wildman–Crippen MR) is 50.7 cm³/mol. The number of benzene rings is 1. The molecule has 0 saturated carbocycles. The summed E-state index contributed by atoms with van der Waals surface area (Å²) in [6.45, 7) is 4.35. The van der Waals surface area contributed by atoms with E-state index in [0.717, 1.165) is 19.1 Å². The molecule has 0 saturated heterocycles. The van der Waals surface area contributed by atoms with Gasteiger partial charge in [0, 0.05) is 6.92 Å². The van der Waals surface area contributed by atoms with Crippen molar-refractivity contribution in [2.45, 2.75) is 13.1 Å². The van der Waals surface area contributed by atoms with E-state index in [4.69, 9.17) is 0 Å². The minimum Gasteiger partial charge on any atom is -0.427 e. The lowest BCUT2D eigenvalue weighted by atomic mass is 10.1. The fourth-order valence-corrected chi connectivity index (χ4v) is 1.09. The van der Waals surface area contributed by atoms with Crippen molar-refractivity contribution in [3.8, 4) is 5.75 Å². The Balaban J connectivity index is 3.21. The maximum Gasteiger partial charge on any atom is 0.416 e. The summed E-state index contributed by atoms with van der Waals surface area (Å²) in [5.41, 5.74) is -0.788. The Hall–Kier alpha value is -1.78. The van der Waals surface area contributed by atoms with E-state index in [9.17, 15) is 18.0 Å². The minimum atomic E-state index is -4.50. The number of esters is 1. The molecule has 1 radical (unpaired) electrons. The van der Waals surface area contributed by atoms with Crippen molar-refractivity contribution >= 4 is 5.97 Å². The lowest BCUT2D eigenvalue weighted by Gasteiger charge is -2.10. The first kappa shape index (κ1) is 12.3. The van der Waals surface area contributed by atoms with Crippen LogP contribution in [-0.2, 0) is 11.0 Å². The average molecular weight is 229 g/mol. The van der Waals surface area contributed by atoms with Gasteiger partial charge >= 0.3 is 12.1 Å². The van der Waals surface area contributed by atoms with Gasteiger partial charge in [0.2, 0.25) is 0 Å². The zero-order valence-corrected chi connectivity index (χ0v) is 8.39. The van der Waals surface area contributed by atoms with Gasteiger partial charge < -0.3 is 4.74 Å². The number of ether oxygens (including phenoxy) is 1. The number of halogens is 3. The summed E-state index contributed by atoms with van der Waals surface area (Å²) < 4.78 is 41.9. The van der Waals surface area contributed by atoms with Crippen LogP contribution in [0, 0.1) is 6.08 Å². The largest absolute Gasteiger partial charge is 0.427 e. The SMILES string of the molecule is C=[C]c1cc(OC(C)=O)cc(C(F)(F)F)c1. The van der Waals surface area contributed by atoms with E-state index < -0.39 is 17.7 Å². The zero-order chi connectivity index (χ0) is 12.3. The van der Waals surface area contributed by atoms with Crippen LogP contribution in [0.4, 0.5) is 13.2 Å². The highest BCUT2D eigenvalue weighted by Gasteiger charge is 2.31. The van der Waals surface area contributed by atoms with Crippen LogP contribution in [0.2, 0.25) is 0 Å². The summed E-state index contributed by atoms with van der Waals surface area (Å²) in [6, 6.07) is 2.88. The van der Waals surface area contributed by atoms with Crippen LogP contribution in [0.1, 0.15) is 18.1 Å². The van der Waals surface area contributed by atoms with Gasteiger partial charge in [-0.3, -0.25) is 4.79 Å². The minimum absolute atomic E-state index is 0.117. The van der Waals surface area contributed by atoms with Crippen LogP contribution < -0.4 is 4.74 Å². The van der Waals surface area contributed by atoms with E-state index in [2.05, 4.69) is 17.4 Å². The molecule has 0 aliphatic rings. The topological polar surface area (TPSA) is 26.3 Å². The molecule has 1 rings (SSSR count). The number of carbonyl (C=O) groups excluding carboxylic acids is 1. The molecule has 0 spiro atoms. The summed E-state index contributed by atoms with van der Waals surface area (Å²) >= 11 is 0. The van der Waals surface area contributed by atoms with Crippen molar-refractivity contribution < 1.29 is 22.7 Å². The number of alkyl halides is 3. The van der Waals surface area contributed by atoms with Crippen molar-refractivity contribution in [3.05, 3.63) is 42.0 Å². The third-order valence-electron chi connectivity index (χ3n) is 1.70. The van der Waals surface area contributed by atoms with Crippen molar-refractivity contribution in [2.24, 2.45) is 0 Å². The van der Waals surface area contributed by atoms with Gasteiger partial charge in [-0.1, -0.05) is 6.58 Å². The smallest absolute Gasteiger partial charge is 0.416 e. The van der Waals surface area contributed by atoms with Crippen LogP contribution in [0.25, 0.3) is 0 Å². The first-order valence-electron chi connectivity index (χ1n) is 4.26. The molecule has 0 atom stereocenters. The molecule has 0 N–H and O–H groups in total. The third-order valence-corrected chi connectivity index (χ3v) is 1.70. The Morgan fingerprint density at radius 2 is 2.00 bits per heavy atom. The van der Waals surface area contributed by atoms with Crippen LogP contribution in [0.3, 0.4) is 0 Å². The Morgan fingerprint density at radius 3 is 2.44 bits per heavy atom. The van der Waals surface area contributed by atoms with E-state index >= 15 is 0 Å². The summed E-state index contributed by atoms with van der Waals surface area (Å²) in [4.78, 5) is 10.6. The van der Waals surface area contributed by atoms with Crippen molar-refractivity contribution in [1.29, 1.82) is 0 Å². The van der Waals surface area contributed by atoms with Gasteiger partial charge in [-0.25, -0.2) is 0 Å². The fourth-order valence-electron chi connectivity index (χ4n) is 1.09. The predicted octanol–water partition coefficient (Wildman–Crippen LogP) is 2.97. The van der Waals surface area contributed by atoms with Crippen molar-refractivity contribution in [3.63, 3.8) is 0 Å². The fraction of sp³-hybridized carbons (Fsp3) is 0.182. The molecule has 0 aromatic heterocycles. The van der Waals surface area contributed by atoms with Crippen LogP contribution in [0.15, 0.2) is 24.8 Å². The van der Waals surface area contributed by atoms with E-state index in [0.29, 0.717) is 0 Å². The summed E-state index contributed by atoms with van der Waals surface area (Å²) in [5, 5.41) is 0. The summed E-state index contributed by atoms with van der Waals surface area (Å²) in [7, 11) is 0. The Morgan fingerprint density at radius 1 is 1.38 bits per heavy atom. The molecule has 16 heavy (non-hydrogen) atoms. The van der Waals surface area contributed by atoms with E-state index in [1.54, 1.807) is 0 Å². The summed E-state index contributed by atoms with van der Waals surface area (Å²) in [6.07, 6.45) is -2.19. The molecule has 5 heteroatoms. The maximum atomic E-state index is 12.4. The highest BCUT2D eigenvalue weighted by molar-refractivity contribution is 5.69. The molecule has 85 valence electrons. The molecule has 0 unspecified atom stereocenters. The van der Waals surface area contributed by atoms with Crippen LogP contribution in [0.5, 0.6) is 5.75 Å². The van der Waals surface area contributed by atoms with Gasteiger partial charge in [-0.2, -0.15) is 13.2 Å². The Kier molecular flexibility index (Phi) is 3.37. The lowest BCUT2D eigenvalue weighted by Crippen LogP contribution is -2.07. The molecule has 2 nitrogen and oxygen atoms in total. The number of rotatable bonds is 2. The van der Waals surface area contributed by atoms with E-state index in [1.165, 1.54) is 6.07 Å². The second-order valence-corrected chi connectivity index (χ2v) is 3.01.